The van der Waals surface area contributed by atoms with Gasteiger partial charge < -0.3 is 10.5 Å². The highest BCUT2D eigenvalue weighted by Gasteiger charge is 2.11. The van der Waals surface area contributed by atoms with Crippen LogP contribution in [0.1, 0.15) is 24.2 Å². The lowest BCUT2D eigenvalue weighted by Gasteiger charge is -2.06. The third-order valence-electron chi connectivity index (χ3n) is 2.08. The minimum Gasteiger partial charge on any atom is -0.441 e. The van der Waals surface area contributed by atoms with E-state index in [0.717, 1.165) is 0 Å². The van der Waals surface area contributed by atoms with Crippen LogP contribution in [0.25, 0.3) is 0 Å². The summed E-state index contributed by atoms with van der Waals surface area (Å²) < 4.78 is 4.35. The first kappa shape index (κ1) is 14.6. The second-order valence-corrected chi connectivity index (χ2v) is 3.97. The van der Waals surface area contributed by atoms with Gasteiger partial charge in [0.25, 0.3) is 0 Å². The minimum absolute atomic E-state index is 0.103. The van der Waals surface area contributed by atoms with Crippen molar-refractivity contribution in [3.05, 3.63) is 18.0 Å². The maximum Gasteiger partial charge on any atom is 0.404 e. The highest BCUT2D eigenvalue weighted by atomic mass is 16.5. The summed E-state index contributed by atoms with van der Waals surface area (Å²) in [6.45, 7) is 2.99. The summed E-state index contributed by atoms with van der Waals surface area (Å²) in [6, 6.07) is 0. The van der Waals surface area contributed by atoms with Gasteiger partial charge in [0.15, 0.2) is 6.61 Å². The number of ketones is 1. The number of nitrogens with zero attached hydrogens (tertiary/aromatic N) is 2. The van der Waals surface area contributed by atoms with Crippen LogP contribution in [0.2, 0.25) is 0 Å². The van der Waals surface area contributed by atoms with Gasteiger partial charge in [0.2, 0.25) is 17.6 Å². The van der Waals surface area contributed by atoms with E-state index in [4.69, 9.17) is 5.73 Å². The minimum atomic E-state index is -1.03. The second kappa shape index (κ2) is 6.43. The molecule has 2 amide bonds. The molecular weight excluding hydrogens is 252 g/mol. The lowest BCUT2D eigenvalue weighted by atomic mass is 10.2. The van der Waals surface area contributed by atoms with Crippen molar-refractivity contribution in [3.8, 4) is 0 Å². The molecule has 0 aliphatic heterocycles. The van der Waals surface area contributed by atoms with E-state index >= 15 is 0 Å². The first-order valence-corrected chi connectivity index (χ1v) is 5.48. The zero-order chi connectivity index (χ0) is 14.4. The van der Waals surface area contributed by atoms with Crippen molar-refractivity contribution in [1.29, 1.82) is 0 Å². The van der Waals surface area contributed by atoms with Crippen LogP contribution in [-0.4, -0.2) is 34.4 Å². The average molecular weight is 266 g/mol. The van der Waals surface area contributed by atoms with Gasteiger partial charge in [-0.15, -0.1) is 0 Å². The highest BCUT2D eigenvalue weighted by Crippen LogP contribution is 2.04. The van der Waals surface area contributed by atoms with Crippen molar-refractivity contribution >= 4 is 23.7 Å². The molecule has 0 unspecified atom stereocenters. The Balaban J connectivity index is 2.63. The van der Waals surface area contributed by atoms with Crippen LogP contribution in [0.4, 0.5) is 10.7 Å². The van der Waals surface area contributed by atoms with Crippen molar-refractivity contribution in [2.75, 3.05) is 11.9 Å². The standard InChI is InChI=1S/C11H14N4O4/c1-6(2)9(17)15-11-13-3-7(4-14-11)8(16)5-19-10(12)18/h3-4,6H,5H2,1-2H3,(H2,12,18)(H,13,14,15,17). The number of aromatic nitrogens is 2. The number of amides is 2. The largest absolute Gasteiger partial charge is 0.441 e. The van der Waals surface area contributed by atoms with E-state index in [2.05, 4.69) is 20.0 Å². The molecule has 3 N–H and O–H groups in total. The van der Waals surface area contributed by atoms with E-state index in [9.17, 15) is 14.4 Å². The molecule has 0 saturated heterocycles. The zero-order valence-electron chi connectivity index (χ0n) is 10.5. The summed E-state index contributed by atoms with van der Waals surface area (Å²) >= 11 is 0. The summed E-state index contributed by atoms with van der Waals surface area (Å²) in [5.41, 5.74) is 4.89. The molecule has 0 aliphatic rings. The normalized spacial score (nSPS) is 10.1. The van der Waals surface area contributed by atoms with Gasteiger partial charge in [-0.2, -0.15) is 0 Å². The topological polar surface area (TPSA) is 124 Å². The number of nitrogens with two attached hydrogens (primary N) is 1. The quantitative estimate of drug-likeness (QED) is 0.741. The number of primary amides is 1. The van der Waals surface area contributed by atoms with Crippen LogP contribution in [-0.2, 0) is 9.53 Å². The third-order valence-corrected chi connectivity index (χ3v) is 2.08. The molecule has 0 radical (unpaired) electrons. The molecule has 1 rings (SSSR count). The molecule has 0 atom stereocenters. The number of nitrogens with one attached hydrogen (secondary N) is 1. The Bertz CT molecular complexity index is 484. The van der Waals surface area contributed by atoms with Gasteiger partial charge >= 0.3 is 6.09 Å². The smallest absolute Gasteiger partial charge is 0.404 e. The molecule has 0 bridgehead atoms. The summed E-state index contributed by atoms with van der Waals surface area (Å²) in [4.78, 5) is 40.8. The van der Waals surface area contributed by atoms with Gasteiger partial charge in [-0.25, -0.2) is 14.8 Å². The molecule has 102 valence electrons. The Morgan fingerprint density at radius 3 is 2.37 bits per heavy atom. The average Bonchev–Trinajstić information content (AvgIpc) is 2.36. The Labute approximate surface area is 109 Å². The molecule has 0 aromatic carbocycles. The van der Waals surface area contributed by atoms with Crippen LogP contribution in [0.5, 0.6) is 0 Å². The van der Waals surface area contributed by atoms with Crippen molar-refractivity contribution in [1.82, 2.24) is 9.97 Å². The maximum absolute atomic E-state index is 11.5. The van der Waals surface area contributed by atoms with Crippen LogP contribution < -0.4 is 11.1 Å². The van der Waals surface area contributed by atoms with Crippen molar-refractivity contribution in [3.63, 3.8) is 0 Å². The van der Waals surface area contributed by atoms with Gasteiger partial charge in [0.05, 0.1) is 5.56 Å². The Morgan fingerprint density at radius 1 is 1.32 bits per heavy atom. The number of carbonyl (C=O) groups is 3. The van der Waals surface area contributed by atoms with E-state index in [0.29, 0.717) is 0 Å². The molecule has 8 heteroatoms. The van der Waals surface area contributed by atoms with Crippen LogP contribution in [0.3, 0.4) is 0 Å². The van der Waals surface area contributed by atoms with Gasteiger partial charge in [0.1, 0.15) is 0 Å². The summed E-state index contributed by atoms with van der Waals surface area (Å²) in [6.07, 6.45) is 1.43. The zero-order valence-corrected chi connectivity index (χ0v) is 10.5. The number of Topliss-reactive ketones (excluding diaryl/α,β-unsaturated/α-hetero) is 1. The molecule has 1 aromatic heterocycles. The van der Waals surface area contributed by atoms with Gasteiger partial charge in [-0.1, -0.05) is 13.8 Å². The van der Waals surface area contributed by atoms with Gasteiger partial charge in [-0.05, 0) is 0 Å². The van der Waals surface area contributed by atoms with Crippen LogP contribution in [0.15, 0.2) is 12.4 Å². The number of anilines is 1. The monoisotopic (exact) mass is 266 g/mol. The molecule has 0 aliphatic carbocycles. The summed E-state index contributed by atoms with van der Waals surface area (Å²) in [5.74, 6) is -0.809. The third kappa shape index (κ3) is 4.70. The Hall–Kier alpha value is -2.51. The molecule has 19 heavy (non-hydrogen) atoms. The molecule has 0 spiro atoms. The van der Waals surface area contributed by atoms with E-state index in [1.165, 1.54) is 12.4 Å². The highest BCUT2D eigenvalue weighted by molar-refractivity contribution is 5.97. The fourth-order valence-electron chi connectivity index (χ4n) is 1.01. The molecule has 1 aromatic rings. The second-order valence-electron chi connectivity index (χ2n) is 3.97. The van der Waals surface area contributed by atoms with E-state index in [1.807, 2.05) is 0 Å². The number of rotatable bonds is 5. The van der Waals surface area contributed by atoms with E-state index in [1.54, 1.807) is 13.8 Å². The molecule has 8 nitrogen and oxygen atoms in total. The molecule has 0 fully saturated rings. The summed E-state index contributed by atoms with van der Waals surface area (Å²) in [5, 5.41) is 2.48. The Kier molecular flexibility index (Phi) is 4.92. The fourth-order valence-corrected chi connectivity index (χ4v) is 1.01. The van der Waals surface area contributed by atoms with Gasteiger partial charge in [-0.3, -0.25) is 14.9 Å². The van der Waals surface area contributed by atoms with E-state index < -0.39 is 18.5 Å². The predicted octanol–water partition coefficient (Wildman–Crippen LogP) is 0.349. The van der Waals surface area contributed by atoms with Crippen LogP contribution >= 0.6 is 0 Å². The predicted molar refractivity (Wildman–Crippen MR) is 65.4 cm³/mol. The fraction of sp³-hybridized carbons (Fsp3) is 0.364. The first-order valence-electron chi connectivity index (χ1n) is 5.48. The van der Waals surface area contributed by atoms with Crippen molar-refractivity contribution in [2.45, 2.75) is 13.8 Å². The van der Waals surface area contributed by atoms with Crippen molar-refractivity contribution < 1.29 is 19.1 Å². The number of hydrogen-bond acceptors (Lipinski definition) is 6. The van der Waals surface area contributed by atoms with Crippen molar-refractivity contribution in [2.24, 2.45) is 11.7 Å². The first-order chi connectivity index (χ1) is 8.90. The SMILES string of the molecule is CC(C)C(=O)Nc1ncc(C(=O)COC(N)=O)cn1. The summed E-state index contributed by atoms with van der Waals surface area (Å²) in [7, 11) is 0. The lowest BCUT2D eigenvalue weighted by Crippen LogP contribution is -2.21. The molecule has 1 heterocycles. The molecule has 0 saturated carbocycles. The molecular formula is C11H14N4O4. The number of ether oxygens (including phenoxy) is 1. The maximum atomic E-state index is 11.5. The van der Waals surface area contributed by atoms with Crippen LogP contribution in [0, 0.1) is 5.92 Å². The van der Waals surface area contributed by atoms with Gasteiger partial charge in [0, 0.05) is 18.3 Å². The number of carbonyl (C=O) groups excluding carboxylic acids is 3. The van der Waals surface area contributed by atoms with E-state index in [-0.39, 0.29) is 23.3 Å². The Morgan fingerprint density at radius 2 is 1.89 bits per heavy atom. The lowest BCUT2D eigenvalue weighted by molar-refractivity contribution is -0.118. The number of hydrogen-bond donors (Lipinski definition) is 2.